The molecule has 47 heavy (non-hydrogen) atoms. The number of nitrogens with zero attached hydrogens (tertiary/aromatic N) is 1. The maximum absolute atomic E-state index is 13.5. The Morgan fingerprint density at radius 1 is 0.766 bits per heavy atom. The second kappa shape index (κ2) is 13.4. The maximum Gasteiger partial charge on any atom is 0.262 e. The summed E-state index contributed by atoms with van der Waals surface area (Å²) in [5.74, 6) is -3.87. The molecule has 12 heteroatoms. The van der Waals surface area contributed by atoms with Crippen molar-refractivity contribution in [3.8, 4) is 23.0 Å². The molecular formula is C35H28N2O10. The number of fused-ring (bicyclic) bond motifs is 1. The molecule has 0 spiro atoms. The molecule has 0 aliphatic carbocycles. The summed E-state index contributed by atoms with van der Waals surface area (Å²) in [5.41, 5.74) is 0.992. The van der Waals surface area contributed by atoms with Crippen molar-refractivity contribution in [3.63, 3.8) is 0 Å². The van der Waals surface area contributed by atoms with Crippen LogP contribution in [0.2, 0.25) is 0 Å². The fourth-order valence-electron chi connectivity index (χ4n) is 5.13. The molecule has 0 radical (unpaired) electrons. The van der Waals surface area contributed by atoms with Gasteiger partial charge in [-0.2, -0.15) is 0 Å². The van der Waals surface area contributed by atoms with Gasteiger partial charge in [0.05, 0.1) is 30.9 Å². The van der Waals surface area contributed by atoms with E-state index < -0.39 is 41.2 Å². The first-order valence-corrected chi connectivity index (χ1v) is 14.3. The lowest BCUT2D eigenvalue weighted by Crippen LogP contribution is -2.54. The lowest BCUT2D eigenvalue weighted by Gasteiger charge is -2.27. The van der Waals surface area contributed by atoms with Crippen LogP contribution < -0.4 is 14.8 Å². The molecule has 0 aromatic heterocycles. The van der Waals surface area contributed by atoms with Crippen molar-refractivity contribution in [1.29, 1.82) is 0 Å². The van der Waals surface area contributed by atoms with E-state index in [1.165, 1.54) is 87.1 Å². The number of aromatic hydroxyl groups is 2. The van der Waals surface area contributed by atoms with E-state index in [0.29, 0.717) is 11.1 Å². The van der Waals surface area contributed by atoms with Crippen molar-refractivity contribution < 1.29 is 48.5 Å². The van der Waals surface area contributed by atoms with Gasteiger partial charge < -0.3 is 19.7 Å². The quantitative estimate of drug-likeness (QED) is 0.129. The summed E-state index contributed by atoms with van der Waals surface area (Å²) in [6.07, 6.45) is 6.44. The Labute approximate surface area is 268 Å². The molecule has 1 fully saturated rings. The average Bonchev–Trinajstić information content (AvgIpc) is 3.30. The van der Waals surface area contributed by atoms with Crippen LogP contribution in [0.3, 0.4) is 0 Å². The van der Waals surface area contributed by atoms with Gasteiger partial charge in [-0.05, 0) is 77.7 Å². The summed E-state index contributed by atoms with van der Waals surface area (Å²) in [6.45, 7) is 0. The minimum absolute atomic E-state index is 0.00543. The zero-order valence-corrected chi connectivity index (χ0v) is 25.2. The van der Waals surface area contributed by atoms with Crippen molar-refractivity contribution in [3.05, 3.63) is 100 Å². The third-order valence-electron chi connectivity index (χ3n) is 7.57. The number of imide groups is 2. The average molecular weight is 637 g/mol. The fourth-order valence-corrected chi connectivity index (χ4v) is 5.13. The number of rotatable bonds is 10. The van der Waals surface area contributed by atoms with Gasteiger partial charge in [0.2, 0.25) is 11.8 Å². The van der Waals surface area contributed by atoms with Crippen LogP contribution in [-0.4, -0.2) is 70.6 Å². The van der Waals surface area contributed by atoms with Gasteiger partial charge in [-0.3, -0.25) is 39.0 Å². The molecule has 3 N–H and O–H groups in total. The molecule has 0 saturated carbocycles. The molecule has 2 aliphatic rings. The third-order valence-corrected chi connectivity index (χ3v) is 7.57. The van der Waals surface area contributed by atoms with Crippen LogP contribution in [-0.2, 0) is 19.2 Å². The highest BCUT2D eigenvalue weighted by molar-refractivity contribution is 6.31. The van der Waals surface area contributed by atoms with E-state index in [0.717, 1.165) is 4.90 Å². The first-order valence-electron chi connectivity index (χ1n) is 14.3. The summed E-state index contributed by atoms with van der Waals surface area (Å²) in [4.78, 5) is 78.2. The van der Waals surface area contributed by atoms with Gasteiger partial charge in [-0.15, -0.1) is 0 Å². The molecule has 12 nitrogen and oxygen atoms in total. The molecule has 238 valence electrons. The summed E-state index contributed by atoms with van der Waals surface area (Å²) >= 11 is 0. The molecule has 1 unspecified atom stereocenters. The van der Waals surface area contributed by atoms with E-state index in [4.69, 9.17) is 9.47 Å². The van der Waals surface area contributed by atoms with E-state index in [-0.39, 0.29) is 58.1 Å². The number of hydrogen-bond donors (Lipinski definition) is 3. The predicted octanol–water partition coefficient (Wildman–Crippen LogP) is 3.46. The second-order valence-electron chi connectivity index (χ2n) is 10.6. The minimum Gasteiger partial charge on any atom is -0.504 e. The van der Waals surface area contributed by atoms with Crippen LogP contribution in [0.4, 0.5) is 0 Å². The van der Waals surface area contributed by atoms with Crippen LogP contribution in [0, 0.1) is 0 Å². The standard InChI is InChI=1S/C35H28N2O10/c1-46-30-17-19(6-12-28(30)40)4-10-26(38)24(27(39)11-5-20-7-13-29(41)31(18-20)47-2)16-21-3-8-22-23(15-21)35(45)37(34(22)44)25-9-14-32(42)36-33(25)43/h3-8,10-13,15-18,25,40-41H,9,14H2,1-2H3,(H,36,42,43)/b10-4+,11-5+. The Hall–Kier alpha value is -6.30. The van der Waals surface area contributed by atoms with E-state index >= 15 is 0 Å². The zero-order valence-electron chi connectivity index (χ0n) is 25.2. The number of nitrogens with one attached hydrogen (secondary N) is 1. The summed E-state index contributed by atoms with van der Waals surface area (Å²) in [6, 6.07) is 11.9. The highest BCUT2D eigenvalue weighted by Crippen LogP contribution is 2.30. The van der Waals surface area contributed by atoms with Crippen LogP contribution in [0.25, 0.3) is 18.2 Å². The molecule has 4 amide bonds. The summed E-state index contributed by atoms with van der Waals surface area (Å²) in [5, 5.41) is 21.9. The largest absolute Gasteiger partial charge is 0.504 e. The number of amides is 4. The maximum atomic E-state index is 13.5. The smallest absolute Gasteiger partial charge is 0.262 e. The van der Waals surface area contributed by atoms with Gasteiger partial charge >= 0.3 is 0 Å². The van der Waals surface area contributed by atoms with Gasteiger partial charge in [0, 0.05) is 6.42 Å². The number of phenolic OH excluding ortho intramolecular Hbond substituents is 2. The Morgan fingerprint density at radius 2 is 1.30 bits per heavy atom. The first kappa shape index (κ1) is 32.1. The van der Waals surface area contributed by atoms with Gasteiger partial charge in [-0.1, -0.05) is 30.4 Å². The number of methoxy groups -OCH3 is 2. The predicted molar refractivity (Wildman–Crippen MR) is 168 cm³/mol. The number of allylic oxidation sites excluding steroid dienone is 3. The van der Waals surface area contributed by atoms with Crippen LogP contribution >= 0.6 is 0 Å². The van der Waals surface area contributed by atoms with Crippen LogP contribution in [0.5, 0.6) is 23.0 Å². The van der Waals surface area contributed by atoms with Crippen LogP contribution in [0.1, 0.15) is 50.2 Å². The first-order chi connectivity index (χ1) is 22.5. The van der Waals surface area contributed by atoms with Crippen molar-refractivity contribution in [2.45, 2.75) is 18.9 Å². The Kier molecular flexibility index (Phi) is 9.13. The van der Waals surface area contributed by atoms with Gasteiger partial charge in [-0.25, -0.2) is 0 Å². The van der Waals surface area contributed by atoms with Crippen molar-refractivity contribution in [2.24, 2.45) is 0 Å². The van der Waals surface area contributed by atoms with E-state index in [1.54, 1.807) is 12.1 Å². The van der Waals surface area contributed by atoms with E-state index in [2.05, 4.69) is 5.32 Å². The van der Waals surface area contributed by atoms with Crippen molar-refractivity contribution in [1.82, 2.24) is 10.2 Å². The highest BCUT2D eigenvalue weighted by atomic mass is 16.5. The fraction of sp³-hybridized carbons (Fsp3) is 0.143. The molecule has 3 aromatic rings. The Bertz CT molecular complexity index is 1860. The number of phenols is 2. The molecule has 5 rings (SSSR count). The van der Waals surface area contributed by atoms with Gasteiger partial charge in [0.25, 0.3) is 11.8 Å². The van der Waals surface area contributed by atoms with Gasteiger partial charge in [0.1, 0.15) is 6.04 Å². The number of piperidine rings is 1. The lowest BCUT2D eigenvalue weighted by molar-refractivity contribution is -0.136. The third kappa shape index (κ3) is 6.71. The minimum atomic E-state index is -1.15. The molecule has 3 aromatic carbocycles. The van der Waals surface area contributed by atoms with Crippen molar-refractivity contribution in [2.75, 3.05) is 14.2 Å². The van der Waals surface area contributed by atoms with E-state index in [9.17, 15) is 39.0 Å². The Balaban J connectivity index is 1.49. The molecule has 0 bridgehead atoms. The van der Waals surface area contributed by atoms with Crippen molar-refractivity contribution >= 4 is 53.4 Å². The number of benzene rings is 3. The van der Waals surface area contributed by atoms with Gasteiger partial charge in [0.15, 0.2) is 34.6 Å². The molecule has 2 aliphatic heterocycles. The number of carbonyl (C=O) groups excluding carboxylic acids is 6. The summed E-state index contributed by atoms with van der Waals surface area (Å²) in [7, 11) is 2.75. The number of carbonyl (C=O) groups is 6. The number of ketones is 2. The molecule has 1 atom stereocenters. The summed E-state index contributed by atoms with van der Waals surface area (Å²) < 4.78 is 10.2. The van der Waals surface area contributed by atoms with E-state index in [1.807, 2.05) is 0 Å². The monoisotopic (exact) mass is 636 g/mol. The number of hydrogen-bond acceptors (Lipinski definition) is 10. The molecular weight excluding hydrogens is 608 g/mol. The Morgan fingerprint density at radius 3 is 1.83 bits per heavy atom. The highest BCUT2D eigenvalue weighted by Gasteiger charge is 2.44. The van der Waals surface area contributed by atoms with Crippen LogP contribution in [0.15, 0.2) is 72.3 Å². The second-order valence-corrected chi connectivity index (χ2v) is 10.6. The molecule has 2 heterocycles. The topological polar surface area (TPSA) is 177 Å². The lowest BCUT2D eigenvalue weighted by atomic mass is 9.98. The normalized spacial score (nSPS) is 16.0. The molecule has 1 saturated heterocycles. The zero-order chi connectivity index (χ0) is 33.8. The SMILES string of the molecule is COc1cc(/C=C/C(=O)C(=Cc2ccc3c(c2)C(=O)N(C2CCC(=O)NC2=O)C3=O)C(=O)/C=C/c2ccc(O)c(OC)c2)ccc1O. The number of ether oxygens (including phenoxy) is 2.